The summed E-state index contributed by atoms with van der Waals surface area (Å²) in [5.41, 5.74) is 1.97. The van der Waals surface area contributed by atoms with Gasteiger partial charge in [0.05, 0.1) is 0 Å². The lowest BCUT2D eigenvalue weighted by molar-refractivity contribution is -0.110. The van der Waals surface area contributed by atoms with Crippen molar-refractivity contribution >= 4 is 35.9 Å². The van der Waals surface area contributed by atoms with Crippen LogP contribution in [-0.2, 0) is 9.59 Å². The molecule has 0 fully saturated rings. The maximum Gasteiger partial charge on any atom is 0.179 e. The maximum atomic E-state index is 11.2. The van der Waals surface area contributed by atoms with Gasteiger partial charge < -0.3 is 0 Å². The number of benzene rings is 1. The topological polar surface area (TPSA) is 81.7 Å². The summed E-state index contributed by atoms with van der Waals surface area (Å²) in [6.07, 6.45) is 9.87. The highest BCUT2D eigenvalue weighted by atomic mass is 16.1. The van der Waals surface area contributed by atoms with Crippen molar-refractivity contribution in [3.63, 3.8) is 0 Å². The molecule has 0 N–H and O–H groups in total. The van der Waals surface area contributed by atoms with Crippen molar-refractivity contribution in [2.75, 3.05) is 0 Å². The molecule has 0 aromatic heterocycles. The van der Waals surface area contributed by atoms with Gasteiger partial charge in [0.25, 0.3) is 0 Å². The van der Waals surface area contributed by atoms with E-state index in [4.69, 9.17) is 10.8 Å². The molecule has 0 saturated heterocycles. The first-order chi connectivity index (χ1) is 8.72. The zero-order chi connectivity index (χ0) is 13.1. The number of ketones is 2. The van der Waals surface area contributed by atoms with Crippen LogP contribution in [0.15, 0.2) is 24.3 Å². The lowest BCUT2D eigenvalue weighted by Crippen LogP contribution is -2.21. The van der Waals surface area contributed by atoms with Crippen molar-refractivity contribution in [3.05, 3.63) is 45.8 Å². The summed E-state index contributed by atoms with van der Waals surface area (Å²) in [4.78, 5) is 22.4. The Morgan fingerprint density at radius 2 is 1.06 bits per heavy atom. The largest absolute Gasteiger partial charge is 0.290 e. The highest BCUT2D eigenvalue weighted by molar-refractivity contribution is 6.18. The van der Waals surface area contributed by atoms with E-state index in [1.54, 1.807) is 24.3 Å². The second kappa shape index (κ2) is 4.60. The lowest BCUT2D eigenvalue weighted by atomic mass is 9.97. The molecule has 0 unspecified atom stereocenters. The van der Waals surface area contributed by atoms with E-state index in [9.17, 15) is 9.59 Å². The van der Waals surface area contributed by atoms with E-state index in [0.717, 1.165) is 21.6 Å². The van der Waals surface area contributed by atoms with Gasteiger partial charge >= 0.3 is 0 Å². The molecule has 0 atom stereocenters. The normalized spacial score (nSPS) is 14.6. The number of nitrogens with zero attached hydrogens (tertiary/aromatic N) is 2. The summed E-state index contributed by atoms with van der Waals surface area (Å²) in [6, 6.07) is 3.87. The van der Waals surface area contributed by atoms with Crippen molar-refractivity contribution < 1.29 is 9.59 Å². The molecule has 0 radical (unpaired) electrons. The molecule has 0 saturated carbocycles. The van der Waals surface area contributed by atoms with Gasteiger partial charge in [-0.05, 0) is 58.0 Å². The number of hydrogen-bond donors (Lipinski definition) is 0. The Morgan fingerprint density at radius 3 is 1.44 bits per heavy atom. The molecular formula is C14H8N2O2. The molecule has 18 heavy (non-hydrogen) atoms. The fourth-order valence-electron chi connectivity index (χ4n) is 1.95. The molecule has 0 heterocycles. The molecule has 0 amide bonds. The zero-order valence-electron chi connectivity index (χ0n) is 9.33. The third kappa shape index (κ3) is 2.02. The van der Waals surface area contributed by atoms with Gasteiger partial charge in [-0.3, -0.25) is 9.59 Å². The highest BCUT2D eigenvalue weighted by Gasteiger charge is 2.06. The lowest BCUT2D eigenvalue weighted by Gasteiger charge is -2.06. The molecule has 2 aliphatic rings. The fourth-order valence-corrected chi connectivity index (χ4v) is 1.95. The number of carbonyl (C=O) groups excluding carboxylic acids is 2. The van der Waals surface area contributed by atoms with Crippen LogP contribution < -0.4 is 10.4 Å². The third-order valence-corrected chi connectivity index (χ3v) is 2.74. The van der Waals surface area contributed by atoms with Crippen LogP contribution in [0, 0.1) is 10.8 Å². The van der Waals surface area contributed by atoms with Crippen molar-refractivity contribution in [1.29, 1.82) is 10.8 Å². The quantitative estimate of drug-likeness (QED) is 0.613. The molecule has 1 aromatic carbocycles. The van der Waals surface area contributed by atoms with Crippen LogP contribution in [0.2, 0.25) is 0 Å². The summed E-state index contributed by atoms with van der Waals surface area (Å²) >= 11 is 0. The molecule has 4 heteroatoms. The fraction of sp³-hybridized carbons (Fsp3) is 0. The molecule has 3 rings (SSSR count). The van der Waals surface area contributed by atoms with Crippen LogP contribution in [0.5, 0.6) is 0 Å². The number of hydrogen-bond acceptors (Lipinski definition) is 4. The van der Waals surface area contributed by atoms with Crippen LogP contribution >= 0.6 is 0 Å². The number of rotatable bonds is 0. The Morgan fingerprint density at radius 1 is 0.667 bits per heavy atom. The van der Waals surface area contributed by atoms with E-state index in [-0.39, 0.29) is 11.6 Å². The third-order valence-electron chi connectivity index (χ3n) is 2.74. The highest BCUT2D eigenvalue weighted by Crippen LogP contribution is 2.05. The van der Waals surface area contributed by atoms with E-state index in [1.165, 1.54) is 12.2 Å². The first-order valence-corrected chi connectivity index (χ1v) is 5.24. The predicted octanol–water partition coefficient (Wildman–Crippen LogP) is 0.470. The van der Waals surface area contributed by atoms with Gasteiger partial charge in [0.1, 0.15) is 0 Å². The Labute approximate surface area is 103 Å². The number of carbonyl (C=O) groups is 2. The minimum absolute atomic E-state index is 0.00675. The van der Waals surface area contributed by atoms with E-state index in [1.807, 2.05) is 12.1 Å². The monoisotopic (exact) mass is 236 g/mol. The van der Waals surface area contributed by atoms with E-state index in [0.29, 0.717) is 0 Å². The number of fused-ring (bicyclic) bond motifs is 2. The minimum atomic E-state index is 0.00675. The molecule has 1 aromatic rings. The smallest absolute Gasteiger partial charge is 0.179 e. The molecule has 86 valence electrons. The summed E-state index contributed by atoms with van der Waals surface area (Å²) in [5, 5.41) is 13.8. The van der Waals surface area contributed by atoms with Gasteiger partial charge in [-0.25, -0.2) is 0 Å². The van der Waals surface area contributed by atoms with Crippen LogP contribution in [-0.4, -0.2) is 11.6 Å². The van der Waals surface area contributed by atoms with Crippen LogP contribution in [0.3, 0.4) is 0 Å². The first kappa shape index (κ1) is 11.7. The van der Waals surface area contributed by atoms with Crippen LogP contribution in [0.1, 0.15) is 11.1 Å². The predicted molar refractivity (Wildman–Crippen MR) is 66.2 cm³/mol. The van der Waals surface area contributed by atoms with E-state index >= 15 is 0 Å². The SMILES string of the molecule is N#N.O=C1C=Cc2cc3c(cc2=C1)C=CC(=O)C=3. The van der Waals surface area contributed by atoms with Crippen molar-refractivity contribution in [3.8, 4) is 0 Å². The Bertz CT molecular complexity index is 675. The first-order valence-electron chi connectivity index (χ1n) is 5.24. The standard InChI is InChI=1S/C14H8O2.N2/c15-13-3-1-9-5-12-8-14(16)4-2-10(12)6-11(9)7-13;1-2/h1-8H;. The van der Waals surface area contributed by atoms with E-state index in [2.05, 4.69) is 0 Å². The van der Waals surface area contributed by atoms with Gasteiger partial charge in [0, 0.05) is 10.8 Å². The van der Waals surface area contributed by atoms with Gasteiger partial charge in [0.15, 0.2) is 11.6 Å². The van der Waals surface area contributed by atoms with Crippen LogP contribution in [0.4, 0.5) is 0 Å². The van der Waals surface area contributed by atoms with Gasteiger partial charge in [-0.15, -0.1) is 0 Å². The zero-order valence-corrected chi connectivity index (χ0v) is 9.33. The van der Waals surface area contributed by atoms with E-state index < -0.39 is 0 Å². The Kier molecular flexibility index (Phi) is 2.98. The Hall–Kier alpha value is -2.80. The summed E-state index contributed by atoms with van der Waals surface area (Å²) in [5.74, 6) is 0.0135. The molecule has 0 aliphatic heterocycles. The molecule has 4 nitrogen and oxygen atoms in total. The van der Waals surface area contributed by atoms with Gasteiger partial charge in [-0.2, -0.15) is 0 Å². The average molecular weight is 236 g/mol. The molecule has 2 aliphatic carbocycles. The average Bonchev–Trinajstić information content (AvgIpc) is 2.39. The second-order valence-corrected chi connectivity index (χ2v) is 3.87. The summed E-state index contributed by atoms with van der Waals surface area (Å²) < 4.78 is 0. The van der Waals surface area contributed by atoms with Crippen molar-refractivity contribution in [1.82, 2.24) is 0 Å². The Balaban J connectivity index is 0.000000574. The minimum Gasteiger partial charge on any atom is -0.290 e. The molecule has 0 spiro atoms. The number of allylic oxidation sites excluding steroid dienone is 2. The summed E-state index contributed by atoms with van der Waals surface area (Å²) in [6.45, 7) is 0. The van der Waals surface area contributed by atoms with Crippen LogP contribution in [0.25, 0.3) is 24.3 Å². The molecule has 0 bridgehead atoms. The van der Waals surface area contributed by atoms with Gasteiger partial charge in [0.2, 0.25) is 0 Å². The van der Waals surface area contributed by atoms with Gasteiger partial charge in [-0.1, -0.05) is 12.2 Å². The maximum absolute atomic E-state index is 11.2. The second-order valence-electron chi connectivity index (χ2n) is 3.87. The molecular weight excluding hydrogens is 228 g/mol. The summed E-state index contributed by atoms with van der Waals surface area (Å²) in [7, 11) is 0. The van der Waals surface area contributed by atoms with Crippen molar-refractivity contribution in [2.24, 2.45) is 0 Å². The van der Waals surface area contributed by atoms with Crippen molar-refractivity contribution in [2.45, 2.75) is 0 Å².